The lowest BCUT2D eigenvalue weighted by Gasteiger charge is -2.03. The highest BCUT2D eigenvalue weighted by Crippen LogP contribution is 2.08. The third-order valence-electron chi connectivity index (χ3n) is 2.07. The van der Waals surface area contributed by atoms with Crippen LogP contribution in [-0.4, -0.2) is 24.5 Å². The molecule has 0 bridgehead atoms. The number of carbonyl (C=O) groups is 1. The molecule has 0 saturated carbocycles. The zero-order chi connectivity index (χ0) is 10.6. The van der Waals surface area contributed by atoms with Crippen molar-refractivity contribution in [1.29, 1.82) is 0 Å². The average Bonchev–Trinajstić information content (AvgIpc) is 2.42. The number of amides is 1. The van der Waals surface area contributed by atoms with Gasteiger partial charge in [0.25, 0.3) is 0 Å². The van der Waals surface area contributed by atoms with E-state index in [0.29, 0.717) is 13.1 Å². The zero-order valence-corrected chi connectivity index (χ0v) is 8.90. The number of hydrogen-bond donors (Lipinski definition) is 3. The van der Waals surface area contributed by atoms with Crippen LogP contribution >= 0.6 is 0 Å². The first-order valence-corrected chi connectivity index (χ1v) is 4.70. The number of hydrogen-bond acceptors (Lipinski definition) is 2. The highest BCUT2D eigenvalue weighted by molar-refractivity contribution is 5.77. The van der Waals surface area contributed by atoms with Gasteiger partial charge in [0.05, 0.1) is 6.54 Å². The van der Waals surface area contributed by atoms with Crippen LogP contribution in [0.15, 0.2) is 6.07 Å². The Balaban J connectivity index is 2.45. The Bertz CT molecular complexity index is 317. The molecule has 0 spiro atoms. The third-order valence-corrected chi connectivity index (χ3v) is 2.07. The Morgan fingerprint density at radius 2 is 2.21 bits per heavy atom. The summed E-state index contributed by atoms with van der Waals surface area (Å²) in [6.07, 6.45) is 0. The first-order valence-electron chi connectivity index (χ1n) is 4.70. The Labute approximate surface area is 84.1 Å². The fourth-order valence-corrected chi connectivity index (χ4v) is 1.38. The van der Waals surface area contributed by atoms with E-state index >= 15 is 0 Å². The monoisotopic (exact) mass is 195 g/mol. The molecule has 78 valence electrons. The van der Waals surface area contributed by atoms with Gasteiger partial charge in [0, 0.05) is 17.9 Å². The Morgan fingerprint density at radius 3 is 2.71 bits per heavy atom. The van der Waals surface area contributed by atoms with Crippen molar-refractivity contribution in [3.05, 3.63) is 23.0 Å². The van der Waals surface area contributed by atoms with Gasteiger partial charge in [-0.05, 0) is 32.5 Å². The highest BCUT2D eigenvalue weighted by Gasteiger charge is 2.03. The Hall–Kier alpha value is -1.29. The number of H-pyrrole nitrogens is 1. The van der Waals surface area contributed by atoms with Crippen LogP contribution in [0.2, 0.25) is 0 Å². The molecule has 0 unspecified atom stereocenters. The number of nitrogens with one attached hydrogen (secondary N) is 3. The van der Waals surface area contributed by atoms with E-state index in [0.717, 1.165) is 17.0 Å². The largest absolute Gasteiger partial charge is 0.362 e. The van der Waals surface area contributed by atoms with Gasteiger partial charge in [-0.15, -0.1) is 0 Å². The van der Waals surface area contributed by atoms with Gasteiger partial charge in [-0.2, -0.15) is 0 Å². The van der Waals surface area contributed by atoms with Crippen LogP contribution in [0.3, 0.4) is 0 Å². The van der Waals surface area contributed by atoms with Gasteiger partial charge in [-0.1, -0.05) is 0 Å². The maximum absolute atomic E-state index is 11.2. The smallest absolute Gasteiger partial charge is 0.234 e. The maximum Gasteiger partial charge on any atom is 0.234 e. The molecule has 4 heteroatoms. The van der Waals surface area contributed by atoms with Gasteiger partial charge in [0.15, 0.2) is 0 Å². The molecule has 0 radical (unpaired) electrons. The van der Waals surface area contributed by atoms with Gasteiger partial charge in [0.1, 0.15) is 0 Å². The number of likely N-dealkylation sites (N-methyl/N-ethyl adjacent to an activating group) is 1. The predicted molar refractivity (Wildman–Crippen MR) is 56.0 cm³/mol. The van der Waals surface area contributed by atoms with Crippen molar-refractivity contribution in [2.45, 2.75) is 20.4 Å². The number of carbonyl (C=O) groups excluding carboxylic acids is 1. The molecule has 0 fully saturated rings. The van der Waals surface area contributed by atoms with Crippen molar-refractivity contribution in [2.24, 2.45) is 0 Å². The zero-order valence-electron chi connectivity index (χ0n) is 8.90. The van der Waals surface area contributed by atoms with Gasteiger partial charge < -0.3 is 15.6 Å². The van der Waals surface area contributed by atoms with Gasteiger partial charge in [-0.25, -0.2) is 0 Å². The Morgan fingerprint density at radius 1 is 1.50 bits per heavy atom. The van der Waals surface area contributed by atoms with E-state index < -0.39 is 0 Å². The molecule has 0 atom stereocenters. The minimum absolute atomic E-state index is 0.0192. The molecule has 1 aromatic rings. The van der Waals surface area contributed by atoms with Crippen molar-refractivity contribution >= 4 is 5.91 Å². The van der Waals surface area contributed by atoms with Crippen LogP contribution < -0.4 is 10.6 Å². The number of aromatic amines is 1. The number of aryl methyl sites for hydroxylation is 2. The topological polar surface area (TPSA) is 56.9 Å². The lowest BCUT2D eigenvalue weighted by molar-refractivity contribution is -0.120. The van der Waals surface area contributed by atoms with E-state index in [2.05, 4.69) is 21.7 Å². The van der Waals surface area contributed by atoms with Crippen LogP contribution in [0, 0.1) is 13.8 Å². The normalized spacial score (nSPS) is 10.2. The Kier molecular flexibility index (Phi) is 3.71. The summed E-state index contributed by atoms with van der Waals surface area (Å²) in [5.74, 6) is 0.0192. The number of aromatic nitrogens is 1. The lowest BCUT2D eigenvalue weighted by atomic mass is 10.2. The molecule has 1 rings (SSSR count). The minimum Gasteiger partial charge on any atom is -0.362 e. The summed E-state index contributed by atoms with van der Waals surface area (Å²) < 4.78 is 0. The average molecular weight is 195 g/mol. The molecule has 1 amide bonds. The quantitative estimate of drug-likeness (QED) is 0.654. The molecule has 0 aliphatic heterocycles. The molecule has 3 N–H and O–H groups in total. The van der Waals surface area contributed by atoms with Crippen LogP contribution in [0.5, 0.6) is 0 Å². The summed E-state index contributed by atoms with van der Waals surface area (Å²) >= 11 is 0. The van der Waals surface area contributed by atoms with Crippen LogP contribution in [-0.2, 0) is 11.3 Å². The van der Waals surface area contributed by atoms with Crippen LogP contribution in [0.4, 0.5) is 0 Å². The van der Waals surface area contributed by atoms with Gasteiger partial charge in [-0.3, -0.25) is 4.79 Å². The van der Waals surface area contributed by atoms with Crippen molar-refractivity contribution in [2.75, 3.05) is 13.6 Å². The van der Waals surface area contributed by atoms with E-state index in [1.165, 1.54) is 0 Å². The molecule has 1 heterocycles. The number of rotatable bonds is 4. The summed E-state index contributed by atoms with van der Waals surface area (Å²) in [7, 11) is 1.76. The molecule has 1 aromatic heterocycles. The predicted octanol–water partition coefficient (Wildman–Crippen LogP) is 0.467. The molecule has 0 saturated heterocycles. The summed E-state index contributed by atoms with van der Waals surface area (Å²) in [4.78, 5) is 14.3. The molecule has 0 aliphatic rings. The van der Waals surface area contributed by atoms with Crippen LogP contribution in [0.25, 0.3) is 0 Å². The molecule has 4 nitrogen and oxygen atoms in total. The first-order chi connectivity index (χ1) is 6.63. The summed E-state index contributed by atoms with van der Waals surface area (Å²) in [6.45, 7) is 4.97. The molecular weight excluding hydrogens is 178 g/mol. The molecule has 0 aromatic carbocycles. The van der Waals surface area contributed by atoms with E-state index in [9.17, 15) is 4.79 Å². The molecular formula is C10H17N3O. The van der Waals surface area contributed by atoms with E-state index in [1.54, 1.807) is 7.05 Å². The van der Waals surface area contributed by atoms with E-state index in [-0.39, 0.29) is 5.91 Å². The fraction of sp³-hybridized carbons (Fsp3) is 0.500. The van der Waals surface area contributed by atoms with E-state index in [1.807, 2.05) is 13.8 Å². The maximum atomic E-state index is 11.2. The second kappa shape index (κ2) is 4.81. The van der Waals surface area contributed by atoms with Gasteiger partial charge >= 0.3 is 0 Å². The van der Waals surface area contributed by atoms with Gasteiger partial charge in [0.2, 0.25) is 5.91 Å². The summed E-state index contributed by atoms with van der Waals surface area (Å²) in [5, 5.41) is 5.64. The summed E-state index contributed by atoms with van der Waals surface area (Å²) in [6, 6.07) is 2.05. The second-order valence-electron chi connectivity index (χ2n) is 3.41. The lowest BCUT2D eigenvalue weighted by Crippen LogP contribution is -2.31. The molecule has 0 aliphatic carbocycles. The standard InChI is InChI=1S/C10H17N3O/c1-7-4-9(8(2)13-7)5-12-10(14)6-11-3/h4,11,13H,5-6H2,1-3H3,(H,12,14). The minimum atomic E-state index is 0.0192. The highest BCUT2D eigenvalue weighted by atomic mass is 16.1. The summed E-state index contributed by atoms with van der Waals surface area (Å²) in [5.41, 5.74) is 3.39. The van der Waals surface area contributed by atoms with Crippen molar-refractivity contribution in [1.82, 2.24) is 15.6 Å². The van der Waals surface area contributed by atoms with E-state index in [4.69, 9.17) is 0 Å². The first kappa shape index (κ1) is 10.8. The van der Waals surface area contributed by atoms with Crippen LogP contribution in [0.1, 0.15) is 17.0 Å². The fourth-order valence-electron chi connectivity index (χ4n) is 1.38. The molecule has 14 heavy (non-hydrogen) atoms. The van der Waals surface area contributed by atoms with Crippen molar-refractivity contribution < 1.29 is 4.79 Å². The third kappa shape index (κ3) is 2.88. The SMILES string of the molecule is CNCC(=O)NCc1cc(C)[nH]c1C. The van der Waals surface area contributed by atoms with Crippen molar-refractivity contribution in [3.63, 3.8) is 0 Å². The van der Waals surface area contributed by atoms with Crippen molar-refractivity contribution in [3.8, 4) is 0 Å². The second-order valence-corrected chi connectivity index (χ2v) is 3.41.